The van der Waals surface area contributed by atoms with Crippen molar-refractivity contribution in [2.24, 2.45) is 0 Å². The normalized spacial score (nSPS) is 28.0. The second-order valence-corrected chi connectivity index (χ2v) is 5.83. The lowest BCUT2D eigenvalue weighted by Gasteiger charge is -2.37. The maximum absolute atomic E-state index is 11.2. The van der Waals surface area contributed by atoms with Crippen LogP contribution in [0.25, 0.3) is 0 Å². The van der Waals surface area contributed by atoms with Crippen molar-refractivity contribution in [3.05, 3.63) is 0 Å². The topological polar surface area (TPSA) is 61.8 Å². The van der Waals surface area contributed by atoms with Gasteiger partial charge in [0.05, 0.1) is 12.7 Å². The van der Waals surface area contributed by atoms with Crippen LogP contribution < -0.4 is 5.32 Å². The van der Waals surface area contributed by atoms with Crippen LogP contribution in [-0.2, 0) is 9.53 Å². The molecule has 0 aromatic carbocycles. The SMILES string of the molecule is CNC(C)(CCCCN1CC(C)OCC1C)C(=O)O. The van der Waals surface area contributed by atoms with Gasteiger partial charge in [-0.25, -0.2) is 0 Å². The van der Waals surface area contributed by atoms with Gasteiger partial charge >= 0.3 is 5.97 Å². The largest absolute Gasteiger partial charge is 0.480 e. The Morgan fingerprint density at radius 2 is 2.16 bits per heavy atom. The summed E-state index contributed by atoms with van der Waals surface area (Å²) in [6, 6.07) is 0.464. The molecule has 5 heteroatoms. The van der Waals surface area contributed by atoms with Gasteiger partial charge in [-0.2, -0.15) is 0 Å². The molecule has 0 spiro atoms. The summed E-state index contributed by atoms with van der Waals surface area (Å²) in [7, 11) is 1.71. The van der Waals surface area contributed by atoms with Gasteiger partial charge in [0, 0.05) is 12.6 Å². The molecular formula is C14H28N2O3. The van der Waals surface area contributed by atoms with Crippen LogP contribution in [0, 0.1) is 0 Å². The standard InChI is InChI=1S/C14H28N2O3/c1-11-10-19-12(2)9-16(11)8-6-5-7-14(3,15-4)13(17)18/h11-12,15H,5-10H2,1-4H3,(H,17,18). The molecule has 1 heterocycles. The summed E-state index contributed by atoms with van der Waals surface area (Å²) in [5, 5.41) is 12.1. The first-order valence-corrected chi connectivity index (χ1v) is 7.17. The fraction of sp³-hybridized carbons (Fsp3) is 0.929. The highest BCUT2D eigenvalue weighted by atomic mass is 16.5. The summed E-state index contributed by atoms with van der Waals surface area (Å²) in [5.74, 6) is -0.775. The Hall–Kier alpha value is -0.650. The smallest absolute Gasteiger partial charge is 0.323 e. The number of hydrogen-bond acceptors (Lipinski definition) is 4. The molecule has 0 amide bonds. The van der Waals surface area contributed by atoms with Crippen LogP contribution in [0.4, 0.5) is 0 Å². The van der Waals surface area contributed by atoms with Crippen molar-refractivity contribution < 1.29 is 14.6 Å². The van der Waals surface area contributed by atoms with Crippen molar-refractivity contribution in [3.63, 3.8) is 0 Å². The van der Waals surface area contributed by atoms with Gasteiger partial charge in [0.15, 0.2) is 0 Å². The Labute approximate surface area is 116 Å². The zero-order valence-electron chi connectivity index (χ0n) is 12.6. The molecule has 112 valence electrons. The molecule has 0 bridgehead atoms. The van der Waals surface area contributed by atoms with Crippen molar-refractivity contribution in [2.75, 3.05) is 26.7 Å². The van der Waals surface area contributed by atoms with E-state index in [1.54, 1.807) is 14.0 Å². The first kappa shape index (κ1) is 16.4. The predicted molar refractivity (Wildman–Crippen MR) is 75.4 cm³/mol. The number of carbonyl (C=O) groups is 1. The van der Waals surface area contributed by atoms with Crippen molar-refractivity contribution >= 4 is 5.97 Å². The lowest BCUT2D eigenvalue weighted by molar-refractivity contribution is -0.144. The van der Waals surface area contributed by atoms with Gasteiger partial charge in [-0.3, -0.25) is 9.69 Å². The fourth-order valence-electron chi connectivity index (χ4n) is 2.42. The molecule has 2 N–H and O–H groups in total. The zero-order valence-corrected chi connectivity index (χ0v) is 12.6. The van der Waals surface area contributed by atoms with Crippen LogP contribution in [0.2, 0.25) is 0 Å². The Morgan fingerprint density at radius 3 is 2.74 bits per heavy atom. The molecule has 0 aromatic heterocycles. The van der Waals surface area contributed by atoms with Gasteiger partial charge in [0.1, 0.15) is 5.54 Å². The summed E-state index contributed by atoms with van der Waals surface area (Å²) in [4.78, 5) is 13.6. The van der Waals surface area contributed by atoms with Gasteiger partial charge in [0.2, 0.25) is 0 Å². The third-order valence-corrected chi connectivity index (χ3v) is 4.13. The molecule has 1 fully saturated rings. The van der Waals surface area contributed by atoms with Gasteiger partial charge < -0.3 is 15.2 Å². The number of morpholine rings is 1. The Kier molecular flexibility index (Phi) is 6.23. The van der Waals surface area contributed by atoms with Crippen LogP contribution in [0.5, 0.6) is 0 Å². The van der Waals surface area contributed by atoms with E-state index in [-0.39, 0.29) is 0 Å². The zero-order chi connectivity index (χ0) is 14.5. The Balaban J connectivity index is 2.28. The lowest BCUT2D eigenvalue weighted by atomic mass is 9.95. The van der Waals surface area contributed by atoms with Gasteiger partial charge in [-0.1, -0.05) is 0 Å². The number of rotatable bonds is 7. The summed E-state index contributed by atoms with van der Waals surface area (Å²) in [6.45, 7) is 8.82. The minimum atomic E-state index is -0.802. The number of nitrogens with one attached hydrogen (secondary N) is 1. The van der Waals surface area contributed by atoms with E-state index in [0.717, 1.165) is 32.5 Å². The van der Waals surface area contributed by atoms with E-state index in [4.69, 9.17) is 9.84 Å². The first-order chi connectivity index (χ1) is 8.89. The van der Waals surface area contributed by atoms with Crippen LogP contribution in [-0.4, -0.2) is 60.4 Å². The van der Waals surface area contributed by atoms with Gasteiger partial charge in [-0.05, 0) is 53.6 Å². The molecule has 0 radical (unpaired) electrons. The molecule has 19 heavy (non-hydrogen) atoms. The van der Waals surface area contributed by atoms with E-state index in [1.165, 1.54) is 0 Å². The molecule has 0 aliphatic carbocycles. The number of likely N-dealkylation sites (N-methyl/N-ethyl adjacent to an activating group) is 1. The number of ether oxygens (including phenoxy) is 1. The van der Waals surface area contributed by atoms with E-state index in [9.17, 15) is 4.79 Å². The van der Waals surface area contributed by atoms with Crippen molar-refractivity contribution in [1.29, 1.82) is 0 Å². The Morgan fingerprint density at radius 1 is 1.47 bits per heavy atom. The molecular weight excluding hydrogens is 244 g/mol. The number of hydrogen-bond donors (Lipinski definition) is 2. The summed E-state index contributed by atoms with van der Waals surface area (Å²) < 4.78 is 5.60. The number of carboxylic acid groups (broad SMARTS) is 1. The van der Waals surface area contributed by atoms with Crippen molar-refractivity contribution in [2.45, 2.75) is 57.7 Å². The van der Waals surface area contributed by atoms with E-state index in [0.29, 0.717) is 18.6 Å². The first-order valence-electron chi connectivity index (χ1n) is 7.17. The second-order valence-electron chi connectivity index (χ2n) is 5.83. The number of aliphatic carboxylic acids is 1. The predicted octanol–water partition coefficient (Wildman–Crippen LogP) is 1.33. The third kappa shape index (κ3) is 4.75. The maximum atomic E-state index is 11.2. The molecule has 1 rings (SSSR count). The quantitative estimate of drug-likeness (QED) is 0.685. The highest BCUT2D eigenvalue weighted by molar-refractivity contribution is 5.78. The van der Waals surface area contributed by atoms with Crippen LogP contribution in [0.15, 0.2) is 0 Å². The Bertz CT molecular complexity index is 298. The summed E-state index contributed by atoms with van der Waals surface area (Å²) in [5.41, 5.74) is -0.802. The fourth-order valence-corrected chi connectivity index (χ4v) is 2.42. The maximum Gasteiger partial charge on any atom is 0.323 e. The number of unbranched alkanes of at least 4 members (excludes halogenated alkanes) is 1. The molecule has 0 saturated carbocycles. The van der Waals surface area contributed by atoms with Gasteiger partial charge in [-0.15, -0.1) is 0 Å². The van der Waals surface area contributed by atoms with Crippen LogP contribution in [0.1, 0.15) is 40.0 Å². The molecule has 3 atom stereocenters. The summed E-state index contributed by atoms with van der Waals surface area (Å²) in [6.07, 6.45) is 2.91. The minimum absolute atomic E-state index is 0.304. The van der Waals surface area contributed by atoms with E-state index >= 15 is 0 Å². The number of nitrogens with zero attached hydrogens (tertiary/aromatic N) is 1. The minimum Gasteiger partial charge on any atom is -0.480 e. The highest BCUT2D eigenvalue weighted by Gasteiger charge is 2.30. The average Bonchev–Trinajstić information content (AvgIpc) is 2.38. The van der Waals surface area contributed by atoms with Gasteiger partial charge in [0.25, 0.3) is 0 Å². The molecule has 1 saturated heterocycles. The highest BCUT2D eigenvalue weighted by Crippen LogP contribution is 2.16. The molecule has 1 aliphatic heterocycles. The molecule has 3 unspecified atom stereocenters. The van der Waals surface area contributed by atoms with Crippen LogP contribution >= 0.6 is 0 Å². The van der Waals surface area contributed by atoms with Crippen LogP contribution in [0.3, 0.4) is 0 Å². The third-order valence-electron chi connectivity index (χ3n) is 4.13. The number of carboxylic acids is 1. The van der Waals surface area contributed by atoms with E-state index in [2.05, 4.69) is 24.1 Å². The summed E-state index contributed by atoms with van der Waals surface area (Å²) >= 11 is 0. The molecule has 1 aliphatic rings. The van der Waals surface area contributed by atoms with Crippen molar-refractivity contribution in [3.8, 4) is 0 Å². The molecule has 5 nitrogen and oxygen atoms in total. The average molecular weight is 272 g/mol. The van der Waals surface area contributed by atoms with E-state index in [1.807, 2.05) is 0 Å². The molecule has 0 aromatic rings. The monoisotopic (exact) mass is 272 g/mol. The lowest BCUT2D eigenvalue weighted by Crippen LogP contribution is -2.48. The second kappa shape index (κ2) is 7.22. The van der Waals surface area contributed by atoms with E-state index < -0.39 is 11.5 Å². The van der Waals surface area contributed by atoms with Crippen molar-refractivity contribution in [1.82, 2.24) is 10.2 Å².